The lowest BCUT2D eigenvalue weighted by atomic mass is 10.2. The summed E-state index contributed by atoms with van der Waals surface area (Å²) in [6.07, 6.45) is 0. The smallest absolute Gasteiger partial charge is 0.138 e. The Morgan fingerprint density at radius 2 is 2.15 bits per heavy atom. The molecule has 0 bridgehead atoms. The van der Waals surface area contributed by atoms with Crippen molar-refractivity contribution in [3.63, 3.8) is 0 Å². The van der Waals surface area contributed by atoms with Crippen LogP contribution >= 0.6 is 11.6 Å². The first-order valence-corrected chi connectivity index (χ1v) is 4.58. The maximum atomic E-state index is 9.07. The van der Waals surface area contributed by atoms with Gasteiger partial charge in [0.2, 0.25) is 0 Å². The van der Waals surface area contributed by atoms with Gasteiger partial charge in [0.25, 0.3) is 0 Å². The average molecular weight is 201 g/mol. The van der Waals surface area contributed by atoms with Gasteiger partial charge < -0.3 is 9.84 Å². The number of hydrogen-bond acceptors (Lipinski definition) is 2. The lowest BCUT2D eigenvalue weighted by Gasteiger charge is -2.09. The summed E-state index contributed by atoms with van der Waals surface area (Å²) >= 11 is 5.83. The second-order valence-corrected chi connectivity index (χ2v) is 3.73. The maximum Gasteiger partial charge on any atom is 0.138 e. The number of rotatable bonds is 3. The number of aromatic hydroxyl groups is 1. The topological polar surface area (TPSA) is 29.5 Å². The minimum Gasteiger partial charge on any atom is -0.508 e. The minimum absolute atomic E-state index is 0.155. The number of benzene rings is 1. The zero-order valence-electron chi connectivity index (χ0n) is 7.75. The first-order valence-electron chi connectivity index (χ1n) is 4.21. The Balaban J connectivity index is 2.67. The SMILES string of the molecule is CC(C)COc1ccc(O)cc1Cl. The van der Waals surface area contributed by atoms with Crippen molar-refractivity contribution in [2.45, 2.75) is 13.8 Å². The molecule has 0 unspecified atom stereocenters. The molecule has 72 valence electrons. The molecular formula is C10H13ClO2. The van der Waals surface area contributed by atoms with Crippen LogP contribution in [0.4, 0.5) is 0 Å². The Kier molecular flexibility index (Phi) is 3.43. The summed E-state index contributed by atoms with van der Waals surface area (Å²) in [6.45, 7) is 4.76. The van der Waals surface area contributed by atoms with Gasteiger partial charge in [-0.2, -0.15) is 0 Å². The van der Waals surface area contributed by atoms with Crippen LogP contribution in [0.3, 0.4) is 0 Å². The molecule has 2 nitrogen and oxygen atoms in total. The largest absolute Gasteiger partial charge is 0.508 e. The third-order valence-electron chi connectivity index (χ3n) is 1.49. The lowest BCUT2D eigenvalue weighted by molar-refractivity contribution is 0.271. The third-order valence-corrected chi connectivity index (χ3v) is 1.78. The van der Waals surface area contributed by atoms with E-state index < -0.39 is 0 Å². The molecule has 0 aliphatic carbocycles. The van der Waals surface area contributed by atoms with E-state index in [0.29, 0.717) is 23.3 Å². The van der Waals surface area contributed by atoms with Gasteiger partial charge in [0.1, 0.15) is 11.5 Å². The summed E-state index contributed by atoms with van der Waals surface area (Å²) in [5.74, 6) is 1.24. The van der Waals surface area contributed by atoms with E-state index in [2.05, 4.69) is 13.8 Å². The maximum absolute atomic E-state index is 9.07. The Labute approximate surface area is 83.1 Å². The van der Waals surface area contributed by atoms with E-state index in [1.54, 1.807) is 12.1 Å². The molecular weight excluding hydrogens is 188 g/mol. The molecule has 0 aromatic heterocycles. The van der Waals surface area contributed by atoms with Crippen molar-refractivity contribution in [2.75, 3.05) is 6.61 Å². The molecule has 0 saturated heterocycles. The van der Waals surface area contributed by atoms with Gasteiger partial charge in [-0.25, -0.2) is 0 Å². The van der Waals surface area contributed by atoms with Gasteiger partial charge in [-0.3, -0.25) is 0 Å². The normalized spacial score (nSPS) is 10.5. The zero-order valence-corrected chi connectivity index (χ0v) is 8.51. The third kappa shape index (κ3) is 3.15. The Hall–Kier alpha value is -0.890. The van der Waals surface area contributed by atoms with Crippen LogP contribution in [0.15, 0.2) is 18.2 Å². The van der Waals surface area contributed by atoms with E-state index >= 15 is 0 Å². The standard InChI is InChI=1S/C10H13ClO2/c1-7(2)6-13-10-4-3-8(12)5-9(10)11/h3-5,7,12H,6H2,1-2H3. The number of phenols is 1. The van der Waals surface area contributed by atoms with E-state index in [-0.39, 0.29) is 5.75 Å². The number of phenolic OH excluding ortho intramolecular Hbond substituents is 1. The summed E-state index contributed by atoms with van der Waals surface area (Å²) in [4.78, 5) is 0. The highest BCUT2D eigenvalue weighted by atomic mass is 35.5. The molecule has 0 fully saturated rings. The zero-order chi connectivity index (χ0) is 9.84. The van der Waals surface area contributed by atoms with E-state index in [1.807, 2.05) is 0 Å². The van der Waals surface area contributed by atoms with Crippen molar-refractivity contribution in [3.05, 3.63) is 23.2 Å². The Bertz CT molecular complexity index is 284. The average Bonchev–Trinajstić information content (AvgIpc) is 2.02. The highest BCUT2D eigenvalue weighted by molar-refractivity contribution is 6.32. The van der Waals surface area contributed by atoms with E-state index in [1.165, 1.54) is 6.07 Å². The highest BCUT2D eigenvalue weighted by Gasteiger charge is 2.03. The van der Waals surface area contributed by atoms with Crippen LogP contribution < -0.4 is 4.74 Å². The highest BCUT2D eigenvalue weighted by Crippen LogP contribution is 2.28. The summed E-state index contributed by atoms with van der Waals surface area (Å²) in [5, 5.41) is 9.52. The summed E-state index contributed by atoms with van der Waals surface area (Å²) in [7, 11) is 0. The summed E-state index contributed by atoms with van der Waals surface area (Å²) in [6, 6.07) is 4.69. The Morgan fingerprint density at radius 1 is 1.46 bits per heavy atom. The fraction of sp³-hybridized carbons (Fsp3) is 0.400. The van der Waals surface area contributed by atoms with Gasteiger partial charge in [0.15, 0.2) is 0 Å². The Morgan fingerprint density at radius 3 is 2.69 bits per heavy atom. The van der Waals surface area contributed by atoms with Crippen LogP contribution in [0.2, 0.25) is 5.02 Å². The van der Waals surface area contributed by atoms with Crippen LogP contribution in [0.25, 0.3) is 0 Å². The molecule has 0 amide bonds. The minimum atomic E-state index is 0.155. The monoisotopic (exact) mass is 200 g/mol. The first-order chi connectivity index (χ1) is 6.09. The molecule has 3 heteroatoms. The van der Waals surface area contributed by atoms with Gasteiger partial charge in [-0.1, -0.05) is 25.4 Å². The number of halogens is 1. The second-order valence-electron chi connectivity index (χ2n) is 3.32. The molecule has 0 radical (unpaired) electrons. The molecule has 0 saturated carbocycles. The molecule has 0 aliphatic rings. The predicted octanol–water partition coefficient (Wildman–Crippen LogP) is 3.08. The van der Waals surface area contributed by atoms with Crippen molar-refractivity contribution in [1.82, 2.24) is 0 Å². The van der Waals surface area contributed by atoms with Crippen molar-refractivity contribution in [2.24, 2.45) is 5.92 Å². The second kappa shape index (κ2) is 4.38. The molecule has 0 spiro atoms. The molecule has 0 heterocycles. The van der Waals surface area contributed by atoms with Gasteiger partial charge >= 0.3 is 0 Å². The van der Waals surface area contributed by atoms with Crippen LogP contribution in [0.5, 0.6) is 11.5 Å². The number of hydrogen-bond donors (Lipinski definition) is 1. The van der Waals surface area contributed by atoms with Crippen molar-refractivity contribution in [1.29, 1.82) is 0 Å². The van der Waals surface area contributed by atoms with Gasteiger partial charge in [-0.15, -0.1) is 0 Å². The van der Waals surface area contributed by atoms with Crippen molar-refractivity contribution >= 4 is 11.6 Å². The molecule has 1 rings (SSSR count). The fourth-order valence-electron chi connectivity index (χ4n) is 0.863. The van der Waals surface area contributed by atoms with Crippen molar-refractivity contribution in [3.8, 4) is 11.5 Å². The molecule has 0 atom stereocenters. The molecule has 1 aromatic carbocycles. The molecule has 1 N–H and O–H groups in total. The quantitative estimate of drug-likeness (QED) is 0.813. The van der Waals surface area contributed by atoms with Gasteiger partial charge in [0, 0.05) is 6.07 Å². The fourth-order valence-corrected chi connectivity index (χ4v) is 1.09. The van der Waals surface area contributed by atoms with Crippen LogP contribution in [-0.4, -0.2) is 11.7 Å². The van der Waals surface area contributed by atoms with Crippen LogP contribution in [-0.2, 0) is 0 Å². The number of ether oxygens (including phenoxy) is 1. The molecule has 13 heavy (non-hydrogen) atoms. The van der Waals surface area contributed by atoms with Crippen LogP contribution in [0, 0.1) is 5.92 Å². The molecule has 1 aromatic rings. The van der Waals surface area contributed by atoms with E-state index in [0.717, 1.165) is 0 Å². The van der Waals surface area contributed by atoms with Gasteiger partial charge in [-0.05, 0) is 18.1 Å². The van der Waals surface area contributed by atoms with E-state index in [9.17, 15) is 0 Å². The molecule has 0 aliphatic heterocycles. The lowest BCUT2D eigenvalue weighted by Crippen LogP contribution is -2.04. The first kappa shape index (κ1) is 10.2. The van der Waals surface area contributed by atoms with Gasteiger partial charge in [0.05, 0.1) is 11.6 Å². The van der Waals surface area contributed by atoms with E-state index in [4.69, 9.17) is 21.4 Å². The van der Waals surface area contributed by atoms with Crippen molar-refractivity contribution < 1.29 is 9.84 Å². The van der Waals surface area contributed by atoms with Crippen LogP contribution in [0.1, 0.15) is 13.8 Å². The predicted molar refractivity (Wildman–Crippen MR) is 53.4 cm³/mol. The summed E-state index contributed by atoms with van der Waals surface area (Å²) < 4.78 is 5.41. The summed E-state index contributed by atoms with van der Waals surface area (Å²) in [5.41, 5.74) is 0.